The lowest BCUT2D eigenvalue weighted by molar-refractivity contribution is 0.0131. The monoisotopic (exact) mass is 201 g/mol. The highest BCUT2D eigenvalue weighted by atomic mass is 16.5. The molecule has 0 aromatic rings. The predicted octanol–water partition coefficient (Wildman–Crippen LogP) is 2.97. The molecule has 1 atom stereocenters. The summed E-state index contributed by atoms with van der Waals surface area (Å²) in [4.78, 5) is 0. The van der Waals surface area contributed by atoms with Gasteiger partial charge < -0.3 is 10.1 Å². The van der Waals surface area contributed by atoms with Crippen LogP contribution in [0.1, 0.15) is 53.4 Å². The summed E-state index contributed by atoms with van der Waals surface area (Å²) in [6.07, 6.45) is 4.83. The van der Waals surface area contributed by atoms with Crippen molar-refractivity contribution in [1.82, 2.24) is 5.32 Å². The normalized spacial score (nSPS) is 14.4. The van der Waals surface area contributed by atoms with Gasteiger partial charge in [-0.25, -0.2) is 0 Å². The van der Waals surface area contributed by atoms with E-state index in [-0.39, 0.29) is 5.60 Å². The van der Waals surface area contributed by atoms with Gasteiger partial charge in [0.25, 0.3) is 0 Å². The van der Waals surface area contributed by atoms with E-state index in [0.717, 1.165) is 13.0 Å². The first kappa shape index (κ1) is 13.9. The molecule has 0 heterocycles. The molecular formula is C12H27NO. The largest absolute Gasteiger partial charge is 0.379 e. The molecule has 0 amide bonds. The van der Waals surface area contributed by atoms with E-state index in [9.17, 15) is 0 Å². The summed E-state index contributed by atoms with van der Waals surface area (Å²) in [5.41, 5.74) is 0.0461. The van der Waals surface area contributed by atoms with E-state index in [0.29, 0.717) is 6.04 Å². The summed E-state index contributed by atoms with van der Waals surface area (Å²) >= 11 is 0. The molecule has 0 saturated carbocycles. The Balaban J connectivity index is 3.43. The molecule has 0 aliphatic heterocycles. The highest BCUT2D eigenvalue weighted by Gasteiger charge is 2.15. The Morgan fingerprint density at radius 3 is 2.50 bits per heavy atom. The molecule has 0 radical (unpaired) electrons. The zero-order valence-electron chi connectivity index (χ0n) is 10.5. The first-order valence-electron chi connectivity index (χ1n) is 5.80. The van der Waals surface area contributed by atoms with Crippen LogP contribution >= 0.6 is 0 Å². The molecule has 14 heavy (non-hydrogen) atoms. The van der Waals surface area contributed by atoms with Gasteiger partial charge in [-0.3, -0.25) is 0 Å². The number of methoxy groups -OCH3 is 1. The highest BCUT2D eigenvalue weighted by Crippen LogP contribution is 2.17. The first-order chi connectivity index (χ1) is 6.52. The van der Waals surface area contributed by atoms with Crippen molar-refractivity contribution in [2.75, 3.05) is 13.7 Å². The summed E-state index contributed by atoms with van der Waals surface area (Å²) in [6.45, 7) is 9.90. The quantitative estimate of drug-likeness (QED) is 0.652. The molecule has 0 spiro atoms. The van der Waals surface area contributed by atoms with Crippen molar-refractivity contribution >= 4 is 0 Å². The van der Waals surface area contributed by atoms with Crippen LogP contribution in [0.2, 0.25) is 0 Å². The minimum Gasteiger partial charge on any atom is -0.379 e. The van der Waals surface area contributed by atoms with Crippen LogP contribution in [-0.4, -0.2) is 25.3 Å². The Bertz CT molecular complexity index is 134. The molecule has 0 aromatic carbocycles. The first-order valence-corrected chi connectivity index (χ1v) is 5.80. The topological polar surface area (TPSA) is 21.3 Å². The molecule has 0 aliphatic carbocycles. The van der Waals surface area contributed by atoms with Crippen molar-refractivity contribution in [3.8, 4) is 0 Å². The number of nitrogens with one attached hydrogen (secondary N) is 1. The lowest BCUT2D eigenvalue weighted by atomic mass is 9.99. The average molecular weight is 201 g/mol. The molecule has 0 aromatic heterocycles. The Hall–Kier alpha value is -0.0800. The minimum absolute atomic E-state index is 0.0461. The summed E-state index contributed by atoms with van der Waals surface area (Å²) in [5.74, 6) is 0. The predicted molar refractivity (Wildman–Crippen MR) is 62.7 cm³/mol. The van der Waals surface area contributed by atoms with Gasteiger partial charge >= 0.3 is 0 Å². The van der Waals surface area contributed by atoms with E-state index in [1.807, 2.05) is 0 Å². The molecule has 1 N–H and O–H groups in total. The lowest BCUT2D eigenvalue weighted by Gasteiger charge is -2.23. The molecule has 86 valence electrons. The summed E-state index contributed by atoms with van der Waals surface area (Å²) in [7, 11) is 1.79. The molecular weight excluding hydrogens is 174 g/mol. The van der Waals surface area contributed by atoms with Gasteiger partial charge in [0.2, 0.25) is 0 Å². The fourth-order valence-corrected chi connectivity index (χ4v) is 1.43. The van der Waals surface area contributed by atoms with Gasteiger partial charge in [0.15, 0.2) is 0 Å². The van der Waals surface area contributed by atoms with Gasteiger partial charge in [-0.15, -0.1) is 0 Å². The van der Waals surface area contributed by atoms with Crippen LogP contribution in [0.4, 0.5) is 0 Å². The molecule has 2 nitrogen and oxygen atoms in total. The van der Waals surface area contributed by atoms with E-state index in [1.165, 1.54) is 19.3 Å². The number of hydrogen-bond acceptors (Lipinski definition) is 2. The zero-order chi connectivity index (χ0) is 11.0. The maximum Gasteiger partial charge on any atom is 0.0622 e. The third kappa shape index (κ3) is 7.34. The fourth-order valence-electron chi connectivity index (χ4n) is 1.43. The number of ether oxygens (including phenoxy) is 1. The van der Waals surface area contributed by atoms with E-state index in [1.54, 1.807) is 7.11 Å². The van der Waals surface area contributed by atoms with E-state index >= 15 is 0 Å². The van der Waals surface area contributed by atoms with Gasteiger partial charge in [0.1, 0.15) is 0 Å². The number of hydrogen-bond donors (Lipinski definition) is 1. The molecule has 0 fully saturated rings. The molecule has 0 rings (SSSR count). The summed E-state index contributed by atoms with van der Waals surface area (Å²) < 4.78 is 5.38. The van der Waals surface area contributed by atoms with Gasteiger partial charge in [-0.1, -0.05) is 6.92 Å². The van der Waals surface area contributed by atoms with Crippen LogP contribution in [-0.2, 0) is 4.74 Å². The SMILES string of the molecule is CCCNC(C)CCCC(C)(C)OC. The van der Waals surface area contributed by atoms with Crippen LogP contribution in [0, 0.1) is 0 Å². The Morgan fingerprint density at radius 2 is 2.00 bits per heavy atom. The maximum atomic E-state index is 5.38. The lowest BCUT2D eigenvalue weighted by Crippen LogP contribution is -2.28. The van der Waals surface area contributed by atoms with Crippen molar-refractivity contribution < 1.29 is 4.74 Å². The Kier molecular flexibility index (Phi) is 7.20. The second-order valence-corrected chi connectivity index (χ2v) is 4.71. The molecule has 0 bridgehead atoms. The third-order valence-corrected chi connectivity index (χ3v) is 2.71. The second-order valence-electron chi connectivity index (χ2n) is 4.71. The maximum absolute atomic E-state index is 5.38. The van der Waals surface area contributed by atoms with Crippen molar-refractivity contribution in [3.05, 3.63) is 0 Å². The molecule has 1 unspecified atom stereocenters. The highest BCUT2D eigenvalue weighted by molar-refractivity contribution is 4.69. The zero-order valence-corrected chi connectivity index (χ0v) is 10.5. The van der Waals surface area contributed by atoms with E-state index in [2.05, 4.69) is 33.0 Å². The Labute approximate surface area is 89.4 Å². The Morgan fingerprint density at radius 1 is 1.36 bits per heavy atom. The fraction of sp³-hybridized carbons (Fsp3) is 1.00. The second kappa shape index (κ2) is 7.24. The van der Waals surface area contributed by atoms with Crippen LogP contribution in [0.15, 0.2) is 0 Å². The average Bonchev–Trinajstić information content (AvgIpc) is 2.14. The smallest absolute Gasteiger partial charge is 0.0622 e. The van der Waals surface area contributed by atoms with E-state index < -0.39 is 0 Å². The van der Waals surface area contributed by atoms with Gasteiger partial charge in [0, 0.05) is 13.2 Å². The molecule has 0 aliphatic rings. The van der Waals surface area contributed by atoms with E-state index in [4.69, 9.17) is 4.74 Å². The van der Waals surface area contributed by atoms with Crippen LogP contribution in [0.5, 0.6) is 0 Å². The van der Waals surface area contributed by atoms with Crippen molar-refractivity contribution in [1.29, 1.82) is 0 Å². The molecule has 2 heteroatoms. The van der Waals surface area contributed by atoms with Crippen LogP contribution < -0.4 is 5.32 Å². The van der Waals surface area contributed by atoms with Crippen LogP contribution in [0.25, 0.3) is 0 Å². The van der Waals surface area contributed by atoms with Crippen LogP contribution in [0.3, 0.4) is 0 Å². The summed E-state index contributed by atoms with van der Waals surface area (Å²) in [6, 6.07) is 0.641. The van der Waals surface area contributed by atoms with Crippen molar-refractivity contribution in [3.63, 3.8) is 0 Å². The standard InChI is InChI=1S/C12H27NO/c1-6-10-13-11(2)8-7-9-12(3,4)14-5/h11,13H,6-10H2,1-5H3. The van der Waals surface area contributed by atoms with Crippen molar-refractivity contribution in [2.24, 2.45) is 0 Å². The molecule has 0 saturated heterocycles. The number of rotatable bonds is 8. The summed E-state index contributed by atoms with van der Waals surface area (Å²) in [5, 5.41) is 3.50. The van der Waals surface area contributed by atoms with Gasteiger partial charge in [0.05, 0.1) is 5.60 Å². The van der Waals surface area contributed by atoms with Gasteiger partial charge in [-0.2, -0.15) is 0 Å². The third-order valence-electron chi connectivity index (χ3n) is 2.71. The van der Waals surface area contributed by atoms with Gasteiger partial charge in [-0.05, 0) is 53.0 Å². The van der Waals surface area contributed by atoms with Crippen molar-refractivity contribution in [2.45, 2.75) is 65.0 Å². The minimum atomic E-state index is 0.0461.